The first-order chi connectivity index (χ1) is 9.80. The van der Waals surface area contributed by atoms with Gasteiger partial charge >= 0.3 is 5.97 Å². The fraction of sp³-hybridized carbons (Fsp3) is 0.500. The van der Waals surface area contributed by atoms with E-state index in [1.165, 1.54) is 6.26 Å². The Kier molecular flexibility index (Phi) is 4.65. The Bertz CT molecular complexity index is 612. The van der Waals surface area contributed by atoms with Crippen molar-refractivity contribution in [2.45, 2.75) is 23.9 Å². The molecule has 116 valence electrons. The Morgan fingerprint density at radius 1 is 1.38 bits per heavy atom. The van der Waals surface area contributed by atoms with E-state index in [1.807, 2.05) is 11.8 Å². The normalized spacial score (nSPS) is 21.9. The van der Waals surface area contributed by atoms with Crippen LogP contribution in [0, 0.1) is 0 Å². The maximum Gasteiger partial charge on any atom is 0.322 e. The molecule has 0 aromatic heterocycles. The minimum Gasteiger partial charge on any atom is -0.480 e. The molecule has 6 nitrogen and oxygen atoms in total. The number of rotatable bonds is 4. The minimum absolute atomic E-state index is 0.0817. The molecule has 1 aliphatic heterocycles. The van der Waals surface area contributed by atoms with Crippen molar-refractivity contribution in [2.24, 2.45) is 0 Å². The largest absolute Gasteiger partial charge is 0.480 e. The number of carboxylic acid groups (broad SMARTS) is 1. The fourth-order valence-electron chi connectivity index (χ4n) is 2.60. The number of sulfone groups is 1. The van der Waals surface area contributed by atoms with Gasteiger partial charge in [-0.25, -0.2) is 8.42 Å². The van der Waals surface area contributed by atoms with Crippen molar-refractivity contribution in [1.82, 2.24) is 10.2 Å². The zero-order chi connectivity index (χ0) is 15.6. The van der Waals surface area contributed by atoms with Gasteiger partial charge in [0.05, 0.1) is 4.90 Å². The number of carbonyl (C=O) groups is 1. The predicted octanol–water partition coefficient (Wildman–Crippen LogP) is 0.509. The molecule has 1 aliphatic rings. The molecular weight excluding hydrogens is 292 g/mol. The van der Waals surface area contributed by atoms with E-state index < -0.39 is 21.8 Å². The molecule has 1 aromatic rings. The Balaban J connectivity index is 2.22. The Morgan fingerprint density at radius 2 is 2.00 bits per heavy atom. The maximum absolute atomic E-state index is 11.5. The summed E-state index contributed by atoms with van der Waals surface area (Å²) in [7, 11) is -3.21. The molecule has 0 amide bonds. The van der Waals surface area contributed by atoms with Crippen molar-refractivity contribution < 1.29 is 18.3 Å². The molecule has 1 fully saturated rings. The monoisotopic (exact) mass is 312 g/mol. The molecule has 7 heteroatoms. The van der Waals surface area contributed by atoms with Crippen LogP contribution in [0.3, 0.4) is 0 Å². The van der Waals surface area contributed by atoms with Crippen LogP contribution in [-0.2, 0) is 14.6 Å². The molecule has 0 spiro atoms. The van der Waals surface area contributed by atoms with Gasteiger partial charge < -0.3 is 10.4 Å². The van der Waals surface area contributed by atoms with E-state index in [4.69, 9.17) is 0 Å². The summed E-state index contributed by atoms with van der Waals surface area (Å²) in [5, 5.41) is 12.4. The second-order valence-electron chi connectivity index (χ2n) is 5.31. The molecule has 1 saturated heterocycles. The lowest BCUT2D eigenvalue weighted by Crippen LogP contribution is -2.55. The van der Waals surface area contributed by atoms with Gasteiger partial charge in [-0.05, 0) is 24.6 Å². The van der Waals surface area contributed by atoms with Crippen LogP contribution < -0.4 is 5.32 Å². The number of nitrogens with one attached hydrogen (secondary N) is 1. The third-order valence-electron chi connectivity index (χ3n) is 3.86. The van der Waals surface area contributed by atoms with Crippen LogP contribution in [-0.4, -0.2) is 56.3 Å². The molecule has 1 heterocycles. The van der Waals surface area contributed by atoms with E-state index in [9.17, 15) is 18.3 Å². The van der Waals surface area contributed by atoms with Gasteiger partial charge in [0.1, 0.15) is 6.04 Å². The van der Waals surface area contributed by atoms with Gasteiger partial charge in [0, 0.05) is 31.9 Å². The average molecular weight is 312 g/mol. The molecule has 0 saturated carbocycles. The molecule has 1 aromatic carbocycles. The van der Waals surface area contributed by atoms with Crippen molar-refractivity contribution in [1.29, 1.82) is 0 Å². The van der Waals surface area contributed by atoms with E-state index in [0.717, 1.165) is 12.1 Å². The molecule has 0 aliphatic carbocycles. The lowest BCUT2D eigenvalue weighted by Gasteiger charge is -2.38. The Morgan fingerprint density at radius 3 is 2.52 bits per heavy atom. The molecule has 21 heavy (non-hydrogen) atoms. The number of piperazine rings is 1. The standard InChI is InChI=1S/C14H20N2O4S/c1-10(16-8-7-15-9-13(16)14(17)18)11-3-5-12(6-4-11)21(2,19)20/h3-6,10,13,15H,7-9H2,1-2H3,(H,17,18). The zero-order valence-electron chi connectivity index (χ0n) is 12.1. The number of benzene rings is 1. The van der Waals surface area contributed by atoms with E-state index >= 15 is 0 Å². The van der Waals surface area contributed by atoms with Crippen molar-refractivity contribution in [2.75, 3.05) is 25.9 Å². The summed E-state index contributed by atoms with van der Waals surface area (Å²) in [6.07, 6.45) is 1.17. The lowest BCUT2D eigenvalue weighted by molar-refractivity contribution is -0.145. The van der Waals surface area contributed by atoms with Gasteiger partial charge in [0.15, 0.2) is 9.84 Å². The van der Waals surface area contributed by atoms with Crippen LogP contribution in [0.1, 0.15) is 18.5 Å². The van der Waals surface area contributed by atoms with Gasteiger partial charge in [-0.1, -0.05) is 12.1 Å². The average Bonchev–Trinajstić information content (AvgIpc) is 2.45. The molecule has 2 N–H and O–H groups in total. The summed E-state index contributed by atoms with van der Waals surface area (Å²) >= 11 is 0. The highest BCUT2D eigenvalue weighted by Gasteiger charge is 2.32. The SMILES string of the molecule is CC(c1ccc(S(C)(=O)=O)cc1)N1CCNCC1C(=O)O. The molecule has 2 rings (SSSR count). The number of nitrogens with zero attached hydrogens (tertiary/aromatic N) is 1. The van der Waals surface area contributed by atoms with Crippen LogP contribution >= 0.6 is 0 Å². The summed E-state index contributed by atoms with van der Waals surface area (Å²) in [4.78, 5) is 13.5. The summed E-state index contributed by atoms with van der Waals surface area (Å²) in [5.74, 6) is -0.846. The molecule has 0 radical (unpaired) electrons. The first-order valence-electron chi connectivity index (χ1n) is 6.80. The van der Waals surface area contributed by atoms with E-state index in [1.54, 1.807) is 24.3 Å². The highest BCUT2D eigenvalue weighted by molar-refractivity contribution is 7.90. The van der Waals surface area contributed by atoms with Gasteiger partial charge in [-0.2, -0.15) is 0 Å². The first-order valence-corrected chi connectivity index (χ1v) is 8.69. The second-order valence-corrected chi connectivity index (χ2v) is 7.33. The highest BCUT2D eigenvalue weighted by atomic mass is 32.2. The summed E-state index contributed by atoms with van der Waals surface area (Å²) in [5.41, 5.74) is 0.913. The number of carboxylic acids is 1. The Labute approximate surface area is 124 Å². The van der Waals surface area contributed by atoms with E-state index in [2.05, 4.69) is 5.32 Å². The van der Waals surface area contributed by atoms with E-state index in [0.29, 0.717) is 13.1 Å². The smallest absolute Gasteiger partial charge is 0.322 e. The van der Waals surface area contributed by atoms with Gasteiger partial charge in [0.25, 0.3) is 0 Å². The number of aliphatic carboxylic acids is 1. The molecule has 2 atom stereocenters. The zero-order valence-corrected chi connectivity index (χ0v) is 12.9. The van der Waals surface area contributed by atoms with E-state index in [-0.39, 0.29) is 10.9 Å². The third kappa shape index (κ3) is 3.61. The van der Waals surface area contributed by atoms with Crippen LogP contribution in [0.4, 0.5) is 0 Å². The molecule has 0 bridgehead atoms. The van der Waals surface area contributed by atoms with Crippen molar-refractivity contribution in [3.8, 4) is 0 Å². The number of hydrogen-bond acceptors (Lipinski definition) is 5. The topological polar surface area (TPSA) is 86.7 Å². The number of hydrogen-bond donors (Lipinski definition) is 2. The lowest BCUT2D eigenvalue weighted by atomic mass is 10.0. The van der Waals surface area contributed by atoms with Crippen molar-refractivity contribution >= 4 is 15.8 Å². The van der Waals surface area contributed by atoms with Gasteiger partial charge in [0.2, 0.25) is 0 Å². The summed E-state index contributed by atoms with van der Waals surface area (Å²) in [6.45, 7) is 3.75. The summed E-state index contributed by atoms with van der Waals surface area (Å²) in [6, 6.07) is 5.99. The van der Waals surface area contributed by atoms with Crippen LogP contribution in [0.15, 0.2) is 29.2 Å². The second kappa shape index (κ2) is 6.13. The fourth-order valence-corrected chi connectivity index (χ4v) is 3.23. The third-order valence-corrected chi connectivity index (χ3v) is 4.99. The highest BCUT2D eigenvalue weighted by Crippen LogP contribution is 2.24. The van der Waals surface area contributed by atoms with Gasteiger partial charge in [-0.3, -0.25) is 9.69 Å². The maximum atomic E-state index is 11.5. The van der Waals surface area contributed by atoms with Crippen LogP contribution in [0.5, 0.6) is 0 Å². The quantitative estimate of drug-likeness (QED) is 0.842. The van der Waals surface area contributed by atoms with Crippen molar-refractivity contribution in [3.05, 3.63) is 29.8 Å². The predicted molar refractivity (Wildman–Crippen MR) is 79.0 cm³/mol. The Hall–Kier alpha value is -1.44. The van der Waals surface area contributed by atoms with Crippen LogP contribution in [0.2, 0.25) is 0 Å². The van der Waals surface area contributed by atoms with Crippen molar-refractivity contribution in [3.63, 3.8) is 0 Å². The first kappa shape index (κ1) is 15.9. The molecular formula is C14H20N2O4S. The van der Waals surface area contributed by atoms with Gasteiger partial charge in [-0.15, -0.1) is 0 Å². The molecule has 2 unspecified atom stereocenters. The van der Waals surface area contributed by atoms with Crippen LogP contribution in [0.25, 0.3) is 0 Å². The summed E-state index contributed by atoms with van der Waals surface area (Å²) < 4.78 is 22.9. The minimum atomic E-state index is -3.21.